The first kappa shape index (κ1) is 9.49. The van der Waals surface area contributed by atoms with Gasteiger partial charge in [0.1, 0.15) is 0 Å². The number of anilines is 1. The van der Waals surface area contributed by atoms with Crippen LogP contribution in [0, 0.1) is 6.92 Å². The van der Waals surface area contributed by atoms with Gasteiger partial charge in [-0.15, -0.1) is 0 Å². The van der Waals surface area contributed by atoms with E-state index in [2.05, 4.69) is 23.6 Å². The van der Waals surface area contributed by atoms with Crippen molar-refractivity contribution in [2.24, 2.45) is 0 Å². The summed E-state index contributed by atoms with van der Waals surface area (Å²) >= 11 is 0. The van der Waals surface area contributed by atoms with Crippen LogP contribution in [0.1, 0.15) is 17.2 Å². The summed E-state index contributed by atoms with van der Waals surface area (Å²) in [5, 5.41) is 6.87. The normalized spacial score (nSPS) is 22.2. The van der Waals surface area contributed by atoms with Crippen LogP contribution in [0.2, 0.25) is 0 Å². The van der Waals surface area contributed by atoms with Crippen molar-refractivity contribution in [3.63, 3.8) is 0 Å². The van der Waals surface area contributed by atoms with Crippen LogP contribution < -0.4 is 16.4 Å². The van der Waals surface area contributed by atoms with E-state index in [1.54, 1.807) is 0 Å². The van der Waals surface area contributed by atoms with Crippen LogP contribution in [-0.2, 0) is 0 Å². The highest BCUT2D eigenvalue weighted by Crippen LogP contribution is 2.20. The maximum atomic E-state index is 5.72. The third kappa shape index (κ3) is 1.89. The first-order valence-corrected chi connectivity index (χ1v) is 5.07. The quantitative estimate of drug-likeness (QED) is 0.576. The molecule has 0 aliphatic carbocycles. The third-order valence-electron chi connectivity index (χ3n) is 2.71. The van der Waals surface area contributed by atoms with Crippen molar-refractivity contribution in [2.75, 3.05) is 25.4 Å². The van der Waals surface area contributed by atoms with Crippen molar-refractivity contribution in [1.82, 2.24) is 10.6 Å². The number of aryl methyl sites for hydroxylation is 1. The lowest BCUT2D eigenvalue weighted by Crippen LogP contribution is -2.42. The Morgan fingerprint density at radius 1 is 1.36 bits per heavy atom. The smallest absolute Gasteiger partial charge is 0.0449 e. The Labute approximate surface area is 84.7 Å². The summed E-state index contributed by atoms with van der Waals surface area (Å²) in [7, 11) is 0. The van der Waals surface area contributed by atoms with Gasteiger partial charge >= 0.3 is 0 Å². The van der Waals surface area contributed by atoms with Crippen molar-refractivity contribution in [2.45, 2.75) is 13.0 Å². The number of hydrogen-bond donors (Lipinski definition) is 3. The molecule has 0 amide bonds. The Kier molecular flexibility index (Phi) is 2.70. The average Bonchev–Trinajstić information content (AvgIpc) is 2.19. The number of nitrogen functional groups attached to an aromatic ring is 1. The Balaban J connectivity index is 2.22. The highest BCUT2D eigenvalue weighted by Gasteiger charge is 2.15. The van der Waals surface area contributed by atoms with E-state index in [1.807, 2.05) is 12.1 Å². The lowest BCUT2D eigenvalue weighted by atomic mass is 9.99. The third-order valence-corrected chi connectivity index (χ3v) is 2.71. The van der Waals surface area contributed by atoms with Crippen LogP contribution in [0.15, 0.2) is 18.2 Å². The summed E-state index contributed by atoms with van der Waals surface area (Å²) in [6.07, 6.45) is 0. The van der Waals surface area contributed by atoms with Crippen LogP contribution in [-0.4, -0.2) is 19.6 Å². The van der Waals surface area contributed by atoms with Gasteiger partial charge in [-0.25, -0.2) is 0 Å². The monoisotopic (exact) mass is 191 g/mol. The van der Waals surface area contributed by atoms with Gasteiger partial charge in [0.15, 0.2) is 0 Å². The number of hydrogen-bond acceptors (Lipinski definition) is 3. The molecule has 1 aliphatic heterocycles. The Hall–Kier alpha value is -1.06. The largest absolute Gasteiger partial charge is 0.399 e. The molecule has 76 valence electrons. The molecule has 14 heavy (non-hydrogen) atoms. The molecule has 1 fully saturated rings. The number of nitrogens with one attached hydrogen (secondary N) is 2. The zero-order chi connectivity index (χ0) is 9.97. The molecule has 1 heterocycles. The lowest BCUT2D eigenvalue weighted by Gasteiger charge is -2.26. The van der Waals surface area contributed by atoms with Crippen LogP contribution in [0.5, 0.6) is 0 Å². The molecule has 3 nitrogen and oxygen atoms in total. The van der Waals surface area contributed by atoms with Gasteiger partial charge in [-0.2, -0.15) is 0 Å². The molecule has 0 saturated carbocycles. The maximum Gasteiger partial charge on any atom is 0.0449 e. The van der Waals surface area contributed by atoms with Crippen LogP contribution in [0.4, 0.5) is 5.69 Å². The van der Waals surface area contributed by atoms with Crippen LogP contribution in [0.25, 0.3) is 0 Å². The number of rotatable bonds is 1. The van der Waals surface area contributed by atoms with Gasteiger partial charge in [-0.05, 0) is 30.2 Å². The van der Waals surface area contributed by atoms with Gasteiger partial charge in [0, 0.05) is 31.4 Å². The molecule has 1 atom stereocenters. The summed E-state index contributed by atoms with van der Waals surface area (Å²) in [4.78, 5) is 0. The minimum absolute atomic E-state index is 0.435. The van der Waals surface area contributed by atoms with Gasteiger partial charge in [0.2, 0.25) is 0 Å². The average molecular weight is 191 g/mol. The first-order chi connectivity index (χ1) is 6.77. The number of nitrogens with two attached hydrogens (primary N) is 1. The second-order valence-corrected chi connectivity index (χ2v) is 3.83. The number of benzene rings is 1. The molecule has 3 heteroatoms. The van der Waals surface area contributed by atoms with Gasteiger partial charge in [-0.3, -0.25) is 0 Å². The van der Waals surface area contributed by atoms with E-state index < -0.39 is 0 Å². The second kappa shape index (κ2) is 3.98. The van der Waals surface area contributed by atoms with Crippen molar-refractivity contribution in [1.29, 1.82) is 0 Å². The summed E-state index contributed by atoms with van der Waals surface area (Å²) in [6.45, 7) is 5.21. The highest BCUT2D eigenvalue weighted by atomic mass is 15.1. The molecule has 4 N–H and O–H groups in total. The first-order valence-electron chi connectivity index (χ1n) is 5.07. The Morgan fingerprint density at radius 3 is 2.86 bits per heavy atom. The highest BCUT2D eigenvalue weighted by molar-refractivity contribution is 5.45. The zero-order valence-electron chi connectivity index (χ0n) is 8.51. The minimum atomic E-state index is 0.435. The summed E-state index contributed by atoms with van der Waals surface area (Å²) < 4.78 is 0. The van der Waals surface area contributed by atoms with Gasteiger partial charge < -0.3 is 16.4 Å². The molecule has 0 aromatic heterocycles. The predicted molar refractivity (Wildman–Crippen MR) is 59.2 cm³/mol. The topological polar surface area (TPSA) is 50.1 Å². The van der Waals surface area contributed by atoms with E-state index >= 15 is 0 Å². The standard InChI is InChI=1S/C11H17N3/c1-8-6-9(12)2-3-10(8)11-7-13-4-5-14-11/h2-3,6,11,13-14H,4-5,7,12H2,1H3/t11-/m1/s1. The lowest BCUT2D eigenvalue weighted by molar-refractivity contribution is 0.429. The predicted octanol–water partition coefficient (Wildman–Crippen LogP) is 0.811. The van der Waals surface area contributed by atoms with Crippen LogP contribution in [0.3, 0.4) is 0 Å². The van der Waals surface area contributed by atoms with Gasteiger partial charge in [-0.1, -0.05) is 6.07 Å². The molecule has 1 aliphatic rings. The van der Waals surface area contributed by atoms with Crippen molar-refractivity contribution in [3.8, 4) is 0 Å². The molecule has 1 aromatic rings. The Morgan fingerprint density at radius 2 is 2.21 bits per heavy atom. The van der Waals surface area contributed by atoms with Crippen molar-refractivity contribution < 1.29 is 0 Å². The van der Waals surface area contributed by atoms with E-state index in [1.165, 1.54) is 11.1 Å². The van der Waals surface area contributed by atoms with E-state index in [-0.39, 0.29) is 0 Å². The van der Waals surface area contributed by atoms with Gasteiger partial charge in [0.05, 0.1) is 0 Å². The minimum Gasteiger partial charge on any atom is -0.399 e. The molecule has 1 aromatic carbocycles. The molecular weight excluding hydrogens is 174 g/mol. The van der Waals surface area contributed by atoms with E-state index in [0.717, 1.165) is 25.3 Å². The summed E-state index contributed by atoms with van der Waals surface area (Å²) in [5.41, 5.74) is 9.19. The zero-order valence-corrected chi connectivity index (χ0v) is 8.51. The fraction of sp³-hybridized carbons (Fsp3) is 0.455. The second-order valence-electron chi connectivity index (χ2n) is 3.83. The van der Waals surface area contributed by atoms with E-state index in [9.17, 15) is 0 Å². The summed E-state index contributed by atoms with van der Waals surface area (Å²) in [6, 6.07) is 6.56. The molecule has 0 radical (unpaired) electrons. The molecule has 0 unspecified atom stereocenters. The van der Waals surface area contributed by atoms with Crippen molar-refractivity contribution >= 4 is 5.69 Å². The Bertz CT molecular complexity index is 316. The van der Waals surface area contributed by atoms with E-state index in [0.29, 0.717) is 6.04 Å². The fourth-order valence-corrected chi connectivity index (χ4v) is 1.96. The van der Waals surface area contributed by atoms with Crippen molar-refractivity contribution in [3.05, 3.63) is 29.3 Å². The SMILES string of the molecule is Cc1cc(N)ccc1[C@H]1CNCCN1. The fourth-order valence-electron chi connectivity index (χ4n) is 1.96. The number of piperazine rings is 1. The molecular formula is C11H17N3. The molecule has 2 rings (SSSR count). The molecule has 0 bridgehead atoms. The molecule has 0 spiro atoms. The van der Waals surface area contributed by atoms with Crippen LogP contribution >= 0.6 is 0 Å². The molecule has 1 saturated heterocycles. The summed E-state index contributed by atoms with van der Waals surface area (Å²) in [5.74, 6) is 0. The van der Waals surface area contributed by atoms with Gasteiger partial charge in [0.25, 0.3) is 0 Å². The maximum absolute atomic E-state index is 5.72. The van der Waals surface area contributed by atoms with E-state index in [4.69, 9.17) is 5.73 Å².